The minimum Gasteiger partial charge on any atom is -0.302 e. The highest BCUT2D eigenvalue weighted by atomic mass is 31.2. The van der Waals surface area contributed by atoms with Crippen molar-refractivity contribution in [3.63, 3.8) is 0 Å². The van der Waals surface area contributed by atoms with Gasteiger partial charge in [-0.2, -0.15) is 0 Å². The zero-order chi connectivity index (χ0) is 14.0. The van der Waals surface area contributed by atoms with Crippen LogP contribution in [0.3, 0.4) is 0 Å². The molecule has 0 aliphatic carbocycles. The maximum Gasteiger partial charge on any atom is 0.472 e. The van der Waals surface area contributed by atoms with E-state index in [1.54, 1.807) is 6.92 Å². The molecule has 0 aliphatic rings. The Morgan fingerprint density at radius 1 is 1.44 bits per heavy atom. The summed E-state index contributed by atoms with van der Waals surface area (Å²) < 4.78 is 20.3. The molecule has 0 rings (SSSR count). The fourth-order valence-corrected chi connectivity index (χ4v) is 1.89. The van der Waals surface area contributed by atoms with E-state index in [0.717, 1.165) is 11.1 Å². The molecule has 0 heterocycles. The van der Waals surface area contributed by atoms with Crippen LogP contribution in [0.1, 0.15) is 19.8 Å². The first kappa shape index (κ1) is 17.3. The molecule has 0 radical (unpaired) electrons. The smallest absolute Gasteiger partial charge is 0.302 e. The molecule has 0 aliphatic heterocycles. The highest BCUT2D eigenvalue weighted by Gasteiger charge is 2.19. The predicted molar refractivity (Wildman–Crippen MR) is 65.6 cm³/mol. The SMILES string of the molecule is C=CC(=O)N(CCCCOP(=O)(O)OCC)OC. The Morgan fingerprint density at radius 2 is 2.11 bits per heavy atom. The number of rotatable bonds is 10. The van der Waals surface area contributed by atoms with Crippen LogP contribution in [0.25, 0.3) is 0 Å². The largest absolute Gasteiger partial charge is 0.472 e. The van der Waals surface area contributed by atoms with Gasteiger partial charge in [0, 0.05) is 6.54 Å². The molecule has 0 bridgehead atoms. The Hall–Kier alpha value is -0.720. The monoisotopic (exact) mass is 281 g/mol. The van der Waals surface area contributed by atoms with E-state index < -0.39 is 7.82 Å². The molecule has 18 heavy (non-hydrogen) atoms. The molecule has 0 saturated heterocycles. The zero-order valence-electron chi connectivity index (χ0n) is 10.7. The molecule has 106 valence electrons. The number of nitrogens with zero attached hydrogens (tertiary/aromatic N) is 1. The fourth-order valence-electron chi connectivity index (χ4n) is 1.13. The number of unbranched alkanes of at least 4 members (excludes halogenated alkanes) is 1. The van der Waals surface area contributed by atoms with Gasteiger partial charge in [-0.05, 0) is 25.8 Å². The van der Waals surface area contributed by atoms with Crippen molar-refractivity contribution in [2.24, 2.45) is 0 Å². The van der Waals surface area contributed by atoms with Crippen molar-refractivity contribution in [2.75, 3.05) is 26.9 Å². The minimum atomic E-state index is -3.92. The summed E-state index contributed by atoms with van der Waals surface area (Å²) in [5, 5.41) is 1.15. The highest BCUT2D eigenvalue weighted by Crippen LogP contribution is 2.42. The summed E-state index contributed by atoms with van der Waals surface area (Å²) in [7, 11) is -2.53. The first-order valence-corrected chi connectivity index (χ1v) is 7.06. The summed E-state index contributed by atoms with van der Waals surface area (Å²) in [5.41, 5.74) is 0. The van der Waals surface area contributed by atoms with Gasteiger partial charge in [0.1, 0.15) is 0 Å². The third kappa shape index (κ3) is 7.58. The maximum atomic E-state index is 11.2. The van der Waals surface area contributed by atoms with Gasteiger partial charge in [-0.15, -0.1) is 0 Å². The van der Waals surface area contributed by atoms with E-state index in [1.807, 2.05) is 0 Å². The molecule has 0 aromatic carbocycles. The predicted octanol–water partition coefficient (Wildman–Crippen LogP) is 1.50. The lowest BCUT2D eigenvalue weighted by Gasteiger charge is -2.17. The Balaban J connectivity index is 3.76. The van der Waals surface area contributed by atoms with Crippen LogP contribution in [0.4, 0.5) is 0 Å². The lowest BCUT2D eigenvalue weighted by molar-refractivity contribution is -0.170. The number of amides is 1. The van der Waals surface area contributed by atoms with Gasteiger partial charge in [0.15, 0.2) is 0 Å². The number of carbonyl (C=O) groups excluding carboxylic acids is 1. The van der Waals surface area contributed by atoms with Gasteiger partial charge in [0.05, 0.1) is 20.3 Å². The molecular formula is C10H20NO6P. The molecule has 8 heteroatoms. The average molecular weight is 281 g/mol. The molecule has 7 nitrogen and oxygen atoms in total. The van der Waals surface area contributed by atoms with E-state index in [0.29, 0.717) is 19.4 Å². The number of phosphoric acid groups is 1. The van der Waals surface area contributed by atoms with E-state index in [-0.39, 0.29) is 19.1 Å². The van der Waals surface area contributed by atoms with E-state index in [4.69, 9.17) is 14.3 Å². The van der Waals surface area contributed by atoms with Crippen LogP contribution < -0.4 is 0 Å². The zero-order valence-corrected chi connectivity index (χ0v) is 11.6. The van der Waals surface area contributed by atoms with Gasteiger partial charge in [-0.25, -0.2) is 9.63 Å². The minimum absolute atomic E-state index is 0.0770. The lowest BCUT2D eigenvalue weighted by atomic mass is 10.3. The number of phosphoric ester groups is 1. The van der Waals surface area contributed by atoms with Crippen molar-refractivity contribution < 1.29 is 28.1 Å². The molecule has 1 unspecified atom stereocenters. The first-order chi connectivity index (χ1) is 8.46. The van der Waals surface area contributed by atoms with Crippen LogP contribution in [0.15, 0.2) is 12.7 Å². The topological polar surface area (TPSA) is 85.3 Å². The summed E-state index contributed by atoms with van der Waals surface area (Å²) in [6.07, 6.45) is 2.22. The van der Waals surface area contributed by atoms with Crippen molar-refractivity contribution in [2.45, 2.75) is 19.8 Å². The number of hydrogen-bond acceptors (Lipinski definition) is 5. The molecular weight excluding hydrogens is 261 g/mol. The summed E-state index contributed by atoms with van der Waals surface area (Å²) in [4.78, 5) is 25.1. The van der Waals surface area contributed by atoms with Crippen molar-refractivity contribution in [3.8, 4) is 0 Å². The average Bonchev–Trinajstić information content (AvgIpc) is 2.32. The van der Waals surface area contributed by atoms with Gasteiger partial charge >= 0.3 is 7.82 Å². The Labute approximate surface area is 107 Å². The Bertz CT molecular complexity index is 309. The van der Waals surface area contributed by atoms with Crippen molar-refractivity contribution in [3.05, 3.63) is 12.7 Å². The number of hydroxylamine groups is 2. The molecule has 0 aromatic heterocycles. The summed E-state index contributed by atoms with van der Waals surface area (Å²) >= 11 is 0. The molecule has 0 saturated carbocycles. The molecule has 0 aromatic rings. The summed E-state index contributed by atoms with van der Waals surface area (Å²) in [6, 6.07) is 0. The van der Waals surface area contributed by atoms with E-state index in [9.17, 15) is 9.36 Å². The standard InChI is InChI=1S/C10H20NO6P/c1-4-10(12)11(15-3)8-6-7-9-17-18(13,14)16-5-2/h4H,1,5-9H2,2-3H3,(H,13,14). The Morgan fingerprint density at radius 3 is 2.61 bits per heavy atom. The number of hydrogen-bond donors (Lipinski definition) is 1. The van der Waals surface area contributed by atoms with Gasteiger partial charge in [-0.3, -0.25) is 18.7 Å². The normalized spacial score (nSPS) is 13.9. The second-order valence-electron chi connectivity index (χ2n) is 3.25. The van der Waals surface area contributed by atoms with Crippen LogP contribution in [0.5, 0.6) is 0 Å². The van der Waals surface area contributed by atoms with Crippen molar-refractivity contribution in [1.82, 2.24) is 5.06 Å². The van der Waals surface area contributed by atoms with Crippen LogP contribution >= 0.6 is 7.82 Å². The number of carbonyl (C=O) groups is 1. The molecule has 1 N–H and O–H groups in total. The third-order valence-electron chi connectivity index (χ3n) is 1.94. The third-order valence-corrected chi connectivity index (χ3v) is 3.04. The van der Waals surface area contributed by atoms with Crippen LogP contribution in [-0.4, -0.2) is 42.7 Å². The maximum absolute atomic E-state index is 11.2. The molecule has 1 amide bonds. The highest BCUT2D eigenvalue weighted by molar-refractivity contribution is 7.47. The molecule has 0 fully saturated rings. The van der Waals surface area contributed by atoms with E-state index in [1.165, 1.54) is 7.11 Å². The van der Waals surface area contributed by atoms with Crippen LogP contribution in [0.2, 0.25) is 0 Å². The second-order valence-corrected chi connectivity index (χ2v) is 4.71. The van der Waals surface area contributed by atoms with Crippen LogP contribution in [0, 0.1) is 0 Å². The summed E-state index contributed by atoms with van der Waals surface area (Å²) in [5.74, 6) is -0.333. The van der Waals surface area contributed by atoms with Gasteiger partial charge in [0.2, 0.25) is 0 Å². The van der Waals surface area contributed by atoms with Gasteiger partial charge < -0.3 is 4.89 Å². The van der Waals surface area contributed by atoms with E-state index >= 15 is 0 Å². The van der Waals surface area contributed by atoms with Gasteiger partial charge in [0.25, 0.3) is 5.91 Å². The fraction of sp³-hybridized carbons (Fsp3) is 0.700. The lowest BCUT2D eigenvalue weighted by Crippen LogP contribution is -2.29. The van der Waals surface area contributed by atoms with Crippen molar-refractivity contribution >= 4 is 13.7 Å². The van der Waals surface area contributed by atoms with E-state index in [2.05, 4.69) is 11.1 Å². The van der Waals surface area contributed by atoms with Crippen molar-refractivity contribution in [1.29, 1.82) is 0 Å². The molecule has 1 atom stereocenters. The Kier molecular flexibility index (Phi) is 8.87. The van der Waals surface area contributed by atoms with Crippen LogP contribution in [-0.2, 0) is 23.2 Å². The second kappa shape index (κ2) is 9.24. The first-order valence-electron chi connectivity index (χ1n) is 5.56. The van der Waals surface area contributed by atoms with Gasteiger partial charge in [-0.1, -0.05) is 6.58 Å². The summed E-state index contributed by atoms with van der Waals surface area (Å²) in [6.45, 7) is 5.49. The molecule has 0 spiro atoms. The quantitative estimate of drug-likeness (QED) is 0.283.